The number of fused-ring (bicyclic) bond motifs is 1. The summed E-state index contributed by atoms with van der Waals surface area (Å²) in [6, 6.07) is 11.2. The van der Waals surface area contributed by atoms with Crippen molar-refractivity contribution in [2.24, 2.45) is 0 Å². The highest BCUT2D eigenvalue weighted by Crippen LogP contribution is 2.12. The number of rotatable bonds is 4. The van der Waals surface area contributed by atoms with Crippen LogP contribution in [0.1, 0.15) is 24.4 Å². The van der Waals surface area contributed by atoms with Gasteiger partial charge in [-0.3, -0.25) is 9.20 Å². The Balaban J connectivity index is 1.68. The van der Waals surface area contributed by atoms with Crippen LogP contribution in [-0.2, 0) is 4.79 Å². The Kier molecular flexibility index (Phi) is 4.14. The highest BCUT2D eigenvalue weighted by molar-refractivity contribution is 5.91. The van der Waals surface area contributed by atoms with Gasteiger partial charge in [0.15, 0.2) is 11.5 Å². The second kappa shape index (κ2) is 6.39. The van der Waals surface area contributed by atoms with Gasteiger partial charge in [-0.15, -0.1) is 10.2 Å². The number of benzene rings is 1. The number of carbonyl (C=O) groups excluding carboxylic acids is 1. The van der Waals surface area contributed by atoms with Crippen LogP contribution in [0.5, 0.6) is 0 Å². The van der Waals surface area contributed by atoms with Gasteiger partial charge in [-0.05, 0) is 42.8 Å². The highest BCUT2D eigenvalue weighted by Gasteiger charge is 2.14. The lowest BCUT2D eigenvalue weighted by Crippen LogP contribution is -2.26. The van der Waals surface area contributed by atoms with E-state index in [-0.39, 0.29) is 17.8 Å². The quantitative estimate of drug-likeness (QED) is 0.754. The molecule has 0 aliphatic carbocycles. The fourth-order valence-electron chi connectivity index (χ4n) is 2.23. The number of nitrogens with zero attached hydrogens (tertiary/aromatic N) is 3. The summed E-state index contributed by atoms with van der Waals surface area (Å²) in [4.78, 5) is 12.0. The molecule has 2 aromatic heterocycles. The monoisotopic (exact) mass is 310 g/mol. The van der Waals surface area contributed by atoms with Gasteiger partial charge in [-0.2, -0.15) is 0 Å². The number of hydrogen-bond donors (Lipinski definition) is 1. The largest absolute Gasteiger partial charge is 0.343 e. The molecule has 1 amide bonds. The van der Waals surface area contributed by atoms with Gasteiger partial charge in [0.25, 0.3) is 0 Å². The molecule has 0 saturated heterocycles. The zero-order chi connectivity index (χ0) is 16.2. The first-order chi connectivity index (χ1) is 11.1. The third-order valence-electron chi connectivity index (χ3n) is 3.38. The molecule has 0 bridgehead atoms. The number of halogens is 1. The Hall–Kier alpha value is -3.02. The predicted molar refractivity (Wildman–Crippen MR) is 85.0 cm³/mol. The minimum atomic E-state index is -0.307. The lowest BCUT2D eigenvalue weighted by molar-refractivity contribution is -0.117. The average molecular weight is 310 g/mol. The average Bonchev–Trinajstić information content (AvgIpc) is 2.98. The molecule has 23 heavy (non-hydrogen) atoms. The first-order valence-electron chi connectivity index (χ1n) is 7.17. The second-order valence-corrected chi connectivity index (χ2v) is 5.10. The van der Waals surface area contributed by atoms with Crippen molar-refractivity contribution in [2.75, 3.05) is 0 Å². The molecule has 1 aromatic carbocycles. The maximum absolute atomic E-state index is 12.8. The van der Waals surface area contributed by atoms with Gasteiger partial charge in [-0.1, -0.05) is 18.2 Å². The molecule has 1 unspecified atom stereocenters. The molecular weight excluding hydrogens is 295 g/mol. The molecule has 1 N–H and O–H groups in total. The van der Waals surface area contributed by atoms with E-state index in [9.17, 15) is 9.18 Å². The van der Waals surface area contributed by atoms with Crippen LogP contribution >= 0.6 is 0 Å². The molecule has 116 valence electrons. The second-order valence-electron chi connectivity index (χ2n) is 5.10. The fraction of sp³-hybridized carbons (Fsp3) is 0.118. The van der Waals surface area contributed by atoms with Crippen molar-refractivity contribution in [1.82, 2.24) is 19.9 Å². The molecule has 0 saturated carbocycles. The topological polar surface area (TPSA) is 59.3 Å². The molecule has 3 aromatic rings. The van der Waals surface area contributed by atoms with E-state index in [4.69, 9.17) is 0 Å². The minimum Gasteiger partial charge on any atom is -0.343 e. The molecule has 0 aliphatic heterocycles. The van der Waals surface area contributed by atoms with Crippen molar-refractivity contribution < 1.29 is 9.18 Å². The van der Waals surface area contributed by atoms with Crippen LogP contribution in [0, 0.1) is 5.82 Å². The summed E-state index contributed by atoms with van der Waals surface area (Å²) in [5.74, 6) is 0.0950. The molecule has 0 radical (unpaired) electrons. The number of amides is 1. The lowest BCUT2D eigenvalue weighted by Gasteiger charge is -2.10. The number of aromatic nitrogens is 3. The summed E-state index contributed by atoms with van der Waals surface area (Å²) < 4.78 is 14.7. The molecule has 0 aliphatic rings. The first-order valence-corrected chi connectivity index (χ1v) is 7.17. The Morgan fingerprint density at radius 2 is 2.00 bits per heavy atom. The van der Waals surface area contributed by atoms with Gasteiger partial charge in [0.2, 0.25) is 5.91 Å². The van der Waals surface area contributed by atoms with E-state index in [0.29, 0.717) is 5.82 Å². The maximum Gasteiger partial charge on any atom is 0.244 e. The van der Waals surface area contributed by atoms with E-state index >= 15 is 0 Å². The van der Waals surface area contributed by atoms with Gasteiger partial charge in [0, 0.05) is 12.3 Å². The molecule has 3 rings (SSSR count). The van der Waals surface area contributed by atoms with Crippen molar-refractivity contribution in [2.45, 2.75) is 13.0 Å². The van der Waals surface area contributed by atoms with Crippen molar-refractivity contribution in [1.29, 1.82) is 0 Å². The van der Waals surface area contributed by atoms with E-state index in [1.807, 2.05) is 35.7 Å². The SMILES string of the molecule is CC(NC(=O)/C=C/c1ccc(F)cc1)c1nnc2ccccn12. The number of nitrogens with one attached hydrogen (secondary N) is 1. The molecular formula is C17H15FN4O. The van der Waals surface area contributed by atoms with Crippen LogP contribution in [0.3, 0.4) is 0 Å². The number of carbonyl (C=O) groups is 1. The molecule has 5 nitrogen and oxygen atoms in total. The highest BCUT2D eigenvalue weighted by atomic mass is 19.1. The van der Waals surface area contributed by atoms with E-state index < -0.39 is 0 Å². The van der Waals surface area contributed by atoms with Crippen molar-refractivity contribution >= 4 is 17.6 Å². The van der Waals surface area contributed by atoms with Crippen LogP contribution in [0.15, 0.2) is 54.7 Å². The standard InChI is InChI=1S/C17H15FN4O/c1-12(17-21-20-15-4-2-3-11-22(15)17)19-16(23)10-7-13-5-8-14(18)9-6-13/h2-12H,1H3,(H,19,23)/b10-7+. The van der Waals surface area contributed by atoms with Crippen LogP contribution < -0.4 is 5.32 Å². The summed E-state index contributed by atoms with van der Waals surface area (Å²) in [7, 11) is 0. The van der Waals surface area contributed by atoms with Gasteiger partial charge in [0.05, 0.1) is 6.04 Å². The van der Waals surface area contributed by atoms with Gasteiger partial charge < -0.3 is 5.32 Å². The Bertz CT molecular complexity index is 854. The van der Waals surface area contributed by atoms with Gasteiger partial charge in [0.1, 0.15) is 5.82 Å². The third-order valence-corrected chi connectivity index (χ3v) is 3.38. The predicted octanol–water partition coefficient (Wildman–Crippen LogP) is 2.76. The Labute approximate surface area is 132 Å². The number of pyridine rings is 1. The summed E-state index contributed by atoms with van der Waals surface area (Å²) in [6.07, 6.45) is 4.89. The zero-order valence-corrected chi connectivity index (χ0v) is 12.5. The van der Waals surface area contributed by atoms with Gasteiger partial charge >= 0.3 is 0 Å². The summed E-state index contributed by atoms with van der Waals surface area (Å²) in [5.41, 5.74) is 1.48. The third kappa shape index (κ3) is 3.42. The van der Waals surface area contributed by atoms with E-state index in [2.05, 4.69) is 15.5 Å². The van der Waals surface area contributed by atoms with Gasteiger partial charge in [-0.25, -0.2) is 4.39 Å². The lowest BCUT2D eigenvalue weighted by atomic mass is 10.2. The van der Waals surface area contributed by atoms with E-state index in [1.54, 1.807) is 18.2 Å². The zero-order valence-electron chi connectivity index (χ0n) is 12.5. The normalized spacial score (nSPS) is 12.6. The Morgan fingerprint density at radius 1 is 1.22 bits per heavy atom. The van der Waals surface area contributed by atoms with Crippen molar-refractivity contribution in [3.05, 3.63) is 71.9 Å². The van der Waals surface area contributed by atoms with Crippen molar-refractivity contribution in [3.8, 4) is 0 Å². The smallest absolute Gasteiger partial charge is 0.244 e. The molecule has 6 heteroatoms. The van der Waals surface area contributed by atoms with Crippen LogP contribution in [0.2, 0.25) is 0 Å². The Morgan fingerprint density at radius 3 is 2.78 bits per heavy atom. The van der Waals surface area contributed by atoms with E-state index in [1.165, 1.54) is 18.2 Å². The molecule has 2 heterocycles. The van der Waals surface area contributed by atoms with Crippen molar-refractivity contribution in [3.63, 3.8) is 0 Å². The molecule has 1 atom stereocenters. The van der Waals surface area contributed by atoms with Crippen LogP contribution in [-0.4, -0.2) is 20.5 Å². The van der Waals surface area contributed by atoms with E-state index in [0.717, 1.165) is 11.2 Å². The summed E-state index contributed by atoms with van der Waals surface area (Å²) >= 11 is 0. The number of hydrogen-bond acceptors (Lipinski definition) is 3. The first kappa shape index (κ1) is 14.9. The van der Waals surface area contributed by atoms with Crippen LogP contribution in [0.4, 0.5) is 4.39 Å². The molecule has 0 spiro atoms. The fourth-order valence-corrected chi connectivity index (χ4v) is 2.23. The van der Waals surface area contributed by atoms with Crippen LogP contribution in [0.25, 0.3) is 11.7 Å². The summed E-state index contributed by atoms with van der Waals surface area (Å²) in [6.45, 7) is 1.84. The molecule has 0 fully saturated rings. The minimum absolute atomic E-state index is 0.255. The maximum atomic E-state index is 12.8. The summed E-state index contributed by atoms with van der Waals surface area (Å²) in [5, 5.41) is 11.0.